The third kappa shape index (κ3) is 5.11. The fraction of sp³-hybridized carbons (Fsp3) is 0.250. The van der Waals surface area contributed by atoms with Crippen LogP contribution in [-0.4, -0.2) is 47.3 Å². The molecule has 7 nitrogen and oxygen atoms in total. The molecular formula is C24H20ClF3N4O3S2. The second-order valence-corrected chi connectivity index (χ2v) is 11.9. The number of sulfonamides is 1. The largest absolute Gasteiger partial charge is 0.511 e. The van der Waals surface area contributed by atoms with E-state index in [1.807, 2.05) is 29.6 Å². The average Bonchev–Trinajstić information content (AvgIpc) is 3.53. The number of nitrogens with zero attached hydrogens (tertiary/aromatic N) is 2. The van der Waals surface area contributed by atoms with Crippen molar-refractivity contribution in [3.63, 3.8) is 0 Å². The third-order valence-electron chi connectivity index (χ3n) is 6.25. The fourth-order valence-electron chi connectivity index (χ4n) is 4.51. The second-order valence-electron chi connectivity index (χ2n) is 8.65. The number of halogens is 4. The summed E-state index contributed by atoms with van der Waals surface area (Å²) in [5, 5.41) is 7.08. The quantitative estimate of drug-likeness (QED) is 0.335. The van der Waals surface area contributed by atoms with Gasteiger partial charge in [0.05, 0.1) is 11.4 Å². The molecule has 0 bridgehead atoms. The van der Waals surface area contributed by atoms with Crippen molar-refractivity contribution in [1.29, 1.82) is 0 Å². The summed E-state index contributed by atoms with van der Waals surface area (Å²) in [6.07, 6.45) is 1.88. The molecule has 2 N–H and O–H groups in total. The highest BCUT2D eigenvalue weighted by Crippen LogP contribution is 2.36. The van der Waals surface area contributed by atoms with E-state index in [2.05, 4.69) is 15.3 Å². The summed E-state index contributed by atoms with van der Waals surface area (Å²) in [6.45, 7) is -0.628. The normalized spacial score (nSPS) is 17.8. The standard InChI is InChI=1S/C24H20ClF3N4O3S2/c25-16-4-1-14(2-5-16)22(23-29-8-10-36-23)15-3-6-19-18(11-15)20(12-21(33)31-19)30-17-7-9-32(13-17)37(34,35)24(26,27)28/h1-6,8,10-12,17,22H,7,9,13H2,(H2,30,31,33)/t17-,22?/m0/s1. The number of aromatic nitrogens is 2. The van der Waals surface area contributed by atoms with E-state index in [9.17, 15) is 26.4 Å². The van der Waals surface area contributed by atoms with Gasteiger partial charge in [-0.1, -0.05) is 29.8 Å². The first kappa shape index (κ1) is 25.7. The fourth-order valence-corrected chi connectivity index (χ4v) is 6.44. The molecule has 0 saturated carbocycles. The Morgan fingerprint density at radius 3 is 2.54 bits per heavy atom. The molecule has 1 unspecified atom stereocenters. The number of alkyl halides is 3. The van der Waals surface area contributed by atoms with Gasteiger partial charge in [0.25, 0.3) is 0 Å². The number of anilines is 1. The van der Waals surface area contributed by atoms with Gasteiger partial charge < -0.3 is 10.3 Å². The van der Waals surface area contributed by atoms with E-state index >= 15 is 0 Å². The summed E-state index contributed by atoms with van der Waals surface area (Å²) >= 11 is 7.58. The molecule has 3 heterocycles. The van der Waals surface area contributed by atoms with Crippen molar-refractivity contribution in [3.8, 4) is 0 Å². The number of hydrogen-bond acceptors (Lipinski definition) is 6. The molecule has 1 fully saturated rings. The first-order chi connectivity index (χ1) is 17.5. The molecule has 13 heteroatoms. The molecule has 5 rings (SSSR count). The first-order valence-electron chi connectivity index (χ1n) is 11.2. The lowest BCUT2D eigenvalue weighted by Gasteiger charge is -2.20. The number of hydrogen-bond donors (Lipinski definition) is 2. The first-order valence-corrected chi connectivity index (χ1v) is 13.9. The zero-order chi connectivity index (χ0) is 26.4. The Morgan fingerprint density at radius 2 is 1.86 bits per heavy atom. The Balaban J connectivity index is 1.52. The van der Waals surface area contributed by atoms with Crippen LogP contribution in [0.5, 0.6) is 0 Å². The van der Waals surface area contributed by atoms with Crippen LogP contribution < -0.4 is 10.9 Å². The van der Waals surface area contributed by atoms with Crippen molar-refractivity contribution in [2.75, 3.05) is 18.4 Å². The van der Waals surface area contributed by atoms with E-state index in [1.54, 1.807) is 24.4 Å². The molecule has 2 atom stereocenters. The number of rotatable bonds is 6. The van der Waals surface area contributed by atoms with E-state index in [0.29, 0.717) is 25.9 Å². The van der Waals surface area contributed by atoms with Gasteiger partial charge in [0.1, 0.15) is 5.01 Å². The summed E-state index contributed by atoms with van der Waals surface area (Å²) in [6, 6.07) is 13.7. The molecule has 1 saturated heterocycles. The summed E-state index contributed by atoms with van der Waals surface area (Å²) < 4.78 is 63.0. The number of benzene rings is 2. The molecule has 37 heavy (non-hydrogen) atoms. The lowest BCUT2D eigenvalue weighted by atomic mass is 9.90. The Bertz CT molecular complexity index is 1590. The van der Waals surface area contributed by atoms with Gasteiger partial charge in [0.2, 0.25) is 5.56 Å². The van der Waals surface area contributed by atoms with Gasteiger partial charge in [-0.05, 0) is 41.8 Å². The second kappa shape index (κ2) is 9.75. The molecule has 0 aliphatic carbocycles. The summed E-state index contributed by atoms with van der Waals surface area (Å²) in [4.78, 5) is 19.6. The minimum atomic E-state index is -5.42. The highest BCUT2D eigenvalue weighted by molar-refractivity contribution is 7.90. The maximum atomic E-state index is 13.0. The molecule has 194 valence electrons. The van der Waals surface area contributed by atoms with Crippen LogP contribution in [0.4, 0.5) is 18.9 Å². The lowest BCUT2D eigenvalue weighted by Crippen LogP contribution is -2.40. The minimum absolute atomic E-state index is 0.163. The predicted molar refractivity (Wildman–Crippen MR) is 138 cm³/mol. The van der Waals surface area contributed by atoms with Crippen molar-refractivity contribution in [2.24, 2.45) is 0 Å². The molecular weight excluding hydrogens is 549 g/mol. The van der Waals surface area contributed by atoms with Crippen molar-refractivity contribution >= 4 is 49.6 Å². The Morgan fingerprint density at radius 1 is 1.14 bits per heavy atom. The van der Waals surface area contributed by atoms with Gasteiger partial charge in [-0.15, -0.1) is 11.3 Å². The van der Waals surface area contributed by atoms with Crippen LogP contribution in [0.25, 0.3) is 10.9 Å². The van der Waals surface area contributed by atoms with Crippen LogP contribution in [0.1, 0.15) is 28.5 Å². The van der Waals surface area contributed by atoms with Gasteiger partial charge in [-0.2, -0.15) is 17.5 Å². The lowest BCUT2D eigenvalue weighted by molar-refractivity contribution is -0.0483. The predicted octanol–water partition coefficient (Wildman–Crippen LogP) is 5.15. The van der Waals surface area contributed by atoms with Crippen LogP contribution in [0.3, 0.4) is 0 Å². The van der Waals surface area contributed by atoms with Gasteiger partial charge in [-0.25, -0.2) is 13.4 Å². The van der Waals surface area contributed by atoms with Crippen molar-refractivity contribution in [1.82, 2.24) is 14.3 Å². The van der Waals surface area contributed by atoms with Gasteiger partial charge in [0, 0.05) is 52.9 Å². The van der Waals surface area contributed by atoms with Crippen LogP contribution in [0.15, 0.2) is 64.9 Å². The van der Waals surface area contributed by atoms with E-state index in [0.717, 1.165) is 16.1 Å². The van der Waals surface area contributed by atoms with E-state index < -0.39 is 27.1 Å². The number of nitrogens with one attached hydrogen (secondary N) is 2. The van der Waals surface area contributed by atoms with Crippen molar-refractivity contribution < 1.29 is 21.6 Å². The van der Waals surface area contributed by atoms with Crippen molar-refractivity contribution in [2.45, 2.75) is 23.9 Å². The number of aromatic amines is 1. The summed E-state index contributed by atoms with van der Waals surface area (Å²) in [5.74, 6) is -0.222. The van der Waals surface area contributed by atoms with Crippen LogP contribution >= 0.6 is 22.9 Å². The monoisotopic (exact) mass is 568 g/mol. The summed E-state index contributed by atoms with van der Waals surface area (Å²) in [5.41, 5.74) is -2.97. The van der Waals surface area contributed by atoms with E-state index in [-0.39, 0.29) is 25.4 Å². The number of fused-ring (bicyclic) bond motifs is 1. The highest BCUT2D eigenvalue weighted by Gasteiger charge is 2.51. The maximum Gasteiger partial charge on any atom is 0.511 e. The average molecular weight is 569 g/mol. The molecule has 0 spiro atoms. The Kier molecular flexibility index (Phi) is 6.77. The molecule has 2 aromatic carbocycles. The molecule has 0 radical (unpaired) electrons. The van der Waals surface area contributed by atoms with Crippen LogP contribution in [0, 0.1) is 0 Å². The van der Waals surface area contributed by atoms with Crippen molar-refractivity contribution in [3.05, 3.63) is 91.6 Å². The smallest absolute Gasteiger partial charge is 0.380 e. The van der Waals surface area contributed by atoms with Crippen LogP contribution in [-0.2, 0) is 10.0 Å². The number of thiazole rings is 1. The Hall–Kier alpha value is -2.93. The van der Waals surface area contributed by atoms with E-state index in [1.165, 1.54) is 17.4 Å². The molecule has 2 aromatic heterocycles. The zero-order valence-electron chi connectivity index (χ0n) is 19.0. The number of pyridine rings is 1. The topological polar surface area (TPSA) is 95.2 Å². The van der Waals surface area contributed by atoms with Gasteiger partial charge in [0.15, 0.2) is 0 Å². The van der Waals surface area contributed by atoms with Crippen LogP contribution in [0.2, 0.25) is 5.02 Å². The summed E-state index contributed by atoms with van der Waals surface area (Å²) in [7, 11) is -5.42. The third-order valence-corrected chi connectivity index (χ3v) is 8.93. The zero-order valence-corrected chi connectivity index (χ0v) is 21.4. The Labute approximate surface area is 219 Å². The highest BCUT2D eigenvalue weighted by atomic mass is 35.5. The van der Waals surface area contributed by atoms with E-state index in [4.69, 9.17) is 11.6 Å². The molecule has 1 aliphatic heterocycles. The SMILES string of the molecule is O=c1cc(N[C@H]2CCN(S(=O)(=O)C(F)(F)F)C2)c2cc(C(c3ccc(Cl)cc3)c3nccs3)ccc2[nH]1. The molecule has 1 aliphatic rings. The maximum absolute atomic E-state index is 13.0. The molecule has 4 aromatic rings. The van der Waals surface area contributed by atoms with Gasteiger partial charge in [-0.3, -0.25) is 4.79 Å². The minimum Gasteiger partial charge on any atom is -0.380 e. The molecule has 0 amide bonds. The number of H-pyrrole nitrogens is 1. The van der Waals surface area contributed by atoms with Gasteiger partial charge >= 0.3 is 15.5 Å².